The van der Waals surface area contributed by atoms with Crippen molar-refractivity contribution in [2.24, 2.45) is 10.7 Å². The molecule has 1 aromatic carbocycles. The zero-order chi connectivity index (χ0) is 15.4. The first kappa shape index (κ1) is 15.2. The van der Waals surface area contributed by atoms with Crippen molar-refractivity contribution in [3.8, 4) is 5.75 Å². The molecular weight excluding hydrogens is 292 g/mol. The van der Waals surface area contributed by atoms with Gasteiger partial charge in [-0.05, 0) is 32.0 Å². The van der Waals surface area contributed by atoms with Crippen LogP contribution in [0.5, 0.6) is 5.75 Å². The molecule has 0 aliphatic heterocycles. The molecule has 0 radical (unpaired) electrons. The highest BCUT2D eigenvalue weighted by atomic mass is 35.5. The van der Waals surface area contributed by atoms with E-state index in [0.29, 0.717) is 16.7 Å². The fourth-order valence-corrected chi connectivity index (χ4v) is 1.95. The Morgan fingerprint density at radius 3 is 2.81 bits per heavy atom. The number of anilines is 1. The van der Waals surface area contributed by atoms with E-state index in [1.54, 1.807) is 25.3 Å². The lowest BCUT2D eigenvalue weighted by Crippen LogP contribution is -2.22. The molecule has 0 amide bonds. The summed E-state index contributed by atoms with van der Waals surface area (Å²) in [6.45, 7) is 4.01. The molecule has 112 valence electrons. The van der Waals surface area contributed by atoms with Gasteiger partial charge in [-0.1, -0.05) is 11.6 Å². The molecule has 0 saturated carbocycles. The molecule has 0 unspecified atom stereocenters. The lowest BCUT2D eigenvalue weighted by atomic mass is 10.3. The minimum absolute atomic E-state index is 0.254. The van der Waals surface area contributed by atoms with E-state index in [4.69, 9.17) is 26.5 Å². The van der Waals surface area contributed by atoms with Gasteiger partial charge in [0.1, 0.15) is 18.1 Å². The van der Waals surface area contributed by atoms with E-state index in [-0.39, 0.29) is 12.5 Å². The highest BCUT2D eigenvalue weighted by Crippen LogP contribution is 2.27. The Balaban J connectivity index is 2.01. The van der Waals surface area contributed by atoms with Crippen LogP contribution in [0, 0.1) is 13.8 Å². The molecule has 0 aliphatic carbocycles. The van der Waals surface area contributed by atoms with E-state index in [1.807, 2.05) is 13.8 Å². The normalized spacial score (nSPS) is 11.5. The minimum Gasteiger partial charge on any atom is -0.495 e. The summed E-state index contributed by atoms with van der Waals surface area (Å²) >= 11 is 6.04. The van der Waals surface area contributed by atoms with Crippen LogP contribution < -0.4 is 15.8 Å². The first-order valence-electron chi connectivity index (χ1n) is 6.33. The fraction of sp³-hybridized carbons (Fsp3) is 0.286. The highest BCUT2D eigenvalue weighted by molar-refractivity contribution is 6.32. The van der Waals surface area contributed by atoms with Gasteiger partial charge in [0.15, 0.2) is 5.96 Å². The van der Waals surface area contributed by atoms with Crippen molar-refractivity contribution in [3.63, 3.8) is 0 Å². The van der Waals surface area contributed by atoms with Crippen LogP contribution in [0.2, 0.25) is 5.02 Å². The molecule has 0 spiro atoms. The molecule has 0 atom stereocenters. The lowest BCUT2D eigenvalue weighted by Gasteiger charge is -2.08. The molecule has 0 saturated heterocycles. The number of nitrogens with one attached hydrogen (secondary N) is 1. The summed E-state index contributed by atoms with van der Waals surface area (Å²) in [4.78, 5) is 8.40. The third-order valence-corrected chi connectivity index (χ3v) is 3.18. The van der Waals surface area contributed by atoms with Gasteiger partial charge in [-0.15, -0.1) is 0 Å². The predicted octanol–water partition coefficient (Wildman–Crippen LogP) is 2.88. The number of aromatic nitrogens is 1. The number of methoxy groups -OCH3 is 1. The smallest absolute Gasteiger partial charge is 0.216 e. The lowest BCUT2D eigenvalue weighted by molar-refractivity contribution is 0.415. The zero-order valence-corrected chi connectivity index (χ0v) is 12.9. The summed E-state index contributed by atoms with van der Waals surface area (Å²) in [7, 11) is 1.56. The maximum atomic E-state index is 6.04. The van der Waals surface area contributed by atoms with Crippen LogP contribution in [0.3, 0.4) is 0 Å². The second-order valence-electron chi connectivity index (χ2n) is 4.42. The van der Waals surface area contributed by atoms with E-state index in [0.717, 1.165) is 17.1 Å². The van der Waals surface area contributed by atoms with Crippen molar-refractivity contribution in [2.45, 2.75) is 20.4 Å². The van der Waals surface area contributed by atoms with Crippen molar-refractivity contribution in [1.29, 1.82) is 0 Å². The Morgan fingerprint density at radius 1 is 1.48 bits per heavy atom. The SMILES string of the molecule is COc1ccc(NC(N)=NCc2nc(C)c(C)o2)cc1Cl. The van der Waals surface area contributed by atoms with E-state index < -0.39 is 0 Å². The van der Waals surface area contributed by atoms with Crippen LogP contribution in [0.15, 0.2) is 27.6 Å². The number of nitrogens with zero attached hydrogens (tertiary/aromatic N) is 2. The number of oxazole rings is 1. The number of aryl methyl sites for hydroxylation is 2. The maximum absolute atomic E-state index is 6.04. The maximum Gasteiger partial charge on any atom is 0.216 e. The summed E-state index contributed by atoms with van der Waals surface area (Å²) in [5, 5.41) is 3.44. The second kappa shape index (κ2) is 6.49. The molecule has 7 heteroatoms. The van der Waals surface area contributed by atoms with Crippen LogP contribution in [0.1, 0.15) is 17.3 Å². The van der Waals surface area contributed by atoms with Crippen LogP contribution in [0.4, 0.5) is 5.69 Å². The Hall–Kier alpha value is -2.21. The monoisotopic (exact) mass is 308 g/mol. The van der Waals surface area contributed by atoms with Gasteiger partial charge in [0.25, 0.3) is 0 Å². The summed E-state index contributed by atoms with van der Waals surface area (Å²) in [6, 6.07) is 5.26. The van der Waals surface area contributed by atoms with Crippen molar-refractivity contribution >= 4 is 23.2 Å². The van der Waals surface area contributed by atoms with E-state index >= 15 is 0 Å². The number of ether oxygens (including phenoxy) is 1. The molecule has 2 rings (SSSR count). The molecule has 1 heterocycles. The average molecular weight is 309 g/mol. The van der Waals surface area contributed by atoms with Gasteiger partial charge in [-0.2, -0.15) is 0 Å². The molecule has 0 fully saturated rings. The average Bonchev–Trinajstić information content (AvgIpc) is 2.76. The second-order valence-corrected chi connectivity index (χ2v) is 4.83. The number of rotatable bonds is 4. The van der Waals surface area contributed by atoms with Crippen LogP contribution in [-0.4, -0.2) is 18.1 Å². The van der Waals surface area contributed by atoms with Gasteiger partial charge in [-0.3, -0.25) is 0 Å². The Morgan fingerprint density at radius 2 is 2.24 bits per heavy atom. The van der Waals surface area contributed by atoms with E-state index in [1.165, 1.54) is 0 Å². The summed E-state index contributed by atoms with van der Waals surface area (Å²) in [5.41, 5.74) is 7.39. The highest BCUT2D eigenvalue weighted by Gasteiger charge is 2.05. The van der Waals surface area contributed by atoms with Crippen LogP contribution in [-0.2, 0) is 6.54 Å². The molecule has 3 N–H and O–H groups in total. The van der Waals surface area contributed by atoms with Crippen molar-refractivity contribution in [2.75, 3.05) is 12.4 Å². The number of benzene rings is 1. The minimum atomic E-state index is 0.254. The van der Waals surface area contributed by atoms with E-state index in [2.05, 4.69) is 15.3 Å². The van der Waals surface area contributed by atoms with Gasteiger partial charge >= 0.3 is 0 Å². The number of halogens is 1. The summed E-state index contributed by atoms with van der Waals surface area (Å²) < 4.78 is 10.5. The van der Waals surface area contributed by atoms with Crippen molar-refractivity contribution in [3.05, 3.63) is 40.6 Å². The molecule has 0 aliphatic rings. The van der Waals surface area contributed by atoms with Gasteiger partial charge in [0.2, 0.25) is 5.89 Å². The molecule has 0 bridgehead atoms. The molecular formula is C14H17ClN4O2. The molecule has 21 heavy (non-hydrogen) atoms. The number of hydrogen-bond acceptors (Lipinski definition) is 4. The van der Waals surface area contributed by atoms with Gasteiger partial charge < -0.3 is 20.2 Å². The number of nitrogens with two attached hydrogens (primary N) is 1. The van der Waals surface area contributed by atoms with Gasteiger partial charge in [0.05, 0.1) is 17.8 Å². The van der Waals surface area contributed by atoms with Crippen LogP contribution >= 0.6 is 11.6 Å². The number of guanidine groups is 1. The number of hydrogen-bond donors (Lipinski definition) is 2. The molecule has 2 aromatic rings. The summed E-state index contributed by atoms with van der Waals surface area (Å²) in [5.74, 6) is 2.17. The quantitative estimate of drug-likeness (QED) is 0.670. The van der Waals surface area contributed by atoms with Crippen molar-refractivity contribution < 1.29 is 9.15 Å². The standard InChI is InChI=1S/C14H17ClN4O2/c1-8-9(2)21-13(18-8)7-17-14(16)19-10-4-5-12(20-3)11(15)6-10/h4-6H,7H2,1-3H3,(H3,16,17,19). The Labute approximate surface area is 128 Å². The third kappa shape index (κ3) is 3.88. The van der Waals surface area contributed by atoms with E-state index in [9.17, 15) is 0 Å². The Bertz CT molecular complexity index is 647. The van der Waals surface area contributed by atoms with Crippen LogP contribution in [0.25, 0.3) is 0 Å². The Kier molecular flexibility index (Phi) is 4.70. The first-order chi connectivity index (χ1) is 9.99. The fourth-order valence-electron chi connectivity index (χ4n) is 1.69. The first-order valence-corrected chi connectivity index (χ1v) is 6.70. The molecule has 6 nitrogen and oxygen atoms in total. The topological polar surface area (TPSA) is 85.7 Å². The largest absolute Gasteiger partial charge is 0.495 e. The predicted molar refractivity (Wildman–Crippen MR) is 82.9 cm³/mol. The van der Waals surface area contributed by atoms with Crippen molar-refractivity contribution in [1.82, 2.24) is 4.98 Å². The van der Waals surface area contributed by atoms with Gasteiger partial charge in [0, 0.05) is 5.69 Å². The molecule has 1 aromatic heterocycles. The van der Waals surface area contributed by atoms with Gasteiger partial charge in [-0.25, -0.2) is 9.98 Å². The third-order valence-electron chi connectivity index (χ3n) is 2.88. The number of aliphatic imine (C=N–C) groups is 1. The zero-order valence-electron chi connectivity index (χ0n) is 12.1. The summed E-state index contributed by atoms with van der Waals surface area (Å²) in [6.07, 6.45) is 0.